The summed E-state index contributed by atoms with van der Waals surface area (Å²) in [5, 5.41) is 3.88. The largest absolute Gasteiger partial charge is 0.338 e. The van der Waals surface area contributed by atoms with Crippen LogP contribution in [0.1, 0.15) is 0 Å². The van der Waals surface area contributed by atoms with E-state index in [0.717, 1.165) is 9.04 Å². The van der Waals surface area contributed by atoms with Crippen molar-refractivity contribution in [1.29, 1.82) is 0 Å². The van der Waals surface area contributed by atoms with E-state index in [2.05, 4.69) is 26.2 Å². The van der Waals surface area contributed by atoms with Crippen LogP contribution in [-0.4, -0.2) is 14.1 Å². The molecule has 118 valence electrons. The third-order valence-corrected chi connectivity index (χ3v) is 4.88. The third-order valence-electron chi connectivity index (χ3n) is 3.59. The van der Waals surface area contributed by atoms with Crippen molar-refractivity contribution in [1.82, 2.24) is 14.1 Å². The average Bonchev–Trinajstić information content (AvgIpc) is 2.55. The number of hydrogen-bond acceptors (Lipinski definition) is 4. The van der Waals surface area contributed by atoms with Crippen LogP contribution in [0.2, 0.25) is 5.02 Å². The predicted molar refractivity (Wildman–Crippen MR) is 94.7 cm³/mol. The number of aromatic nitrogens is 3. The number of halogens is 2. The molecular weight excluding hydrogens is 384 g/mol. The fourth-order valence-electron chi connectivity index (χ4n) is 2.35. The van der Waals surface area contributed by atoms with Gasteiger partial charge in [-0.2, -0.15) is 0 Å². The molecule has 0 amide bonds. The molecule has 2 heterocycles. The molecule has 8 heteroatoms. The number of fused-ring (bicyclic) bond motifs is 1. The number of hydrogen-bond donors (Lipinski definition) is 1. The molecule has 0 bridgehead atoms. The van der Waals surface area contributed by atoms with E-state index < -0.39 is 5.56 Å². The first-order valence-electron chi connectivity index (χ1n) is 6.67. The second-order valence-electron chi connectivity index (χ2n) is 4.99. The Bertz CT molecular complexity index is 1040. The minimum absolute atomic E-state index is 0.327. The van der Waals surface area contributed by atoms with Crippen molar-refractivity contribution >= 4 is 49.9 Å². The van der Waals surface area contributed by atoms with Crippen LogP contribution in [0.5, 0.6) is 0 Å². The van der Waals surface area contributed by atoms with Gasteiger partial charge in [-0.15, -0.1) is 0 Å². The number of nitrogens with zero attached hydrogens (tertiary/aromatic N) is 3. The highest BCUT2D eigenvalue weighted by molar-refractivity contribution is 9.10. The molecule has 3 aromatic rings. The Morgan fingerprint density at radius 2 is 1.91 bits per heavy atom. The Labute approximate surface area is 144 Å². The van der Waals surface area contributed by atoms with E-state index >= 15 is 0 Å². The molecule has 6 nitrogen and oxygen atoms in total. The van der Waals surface area contributed by atoms with Crippen molar-refractivity contribution in [3.8, 4) is 0 Å². The summed E-state index contributed by atoms with van der Waals surface area (Å²) in [5.41, 5.74) is 0.309. The summed E-state index contributed by atoms with van der Waals surface area (Å²) < 4.78 is 3.19. The fraction of sp³-hybridized carbons (Fsp3) is 0.133. The van der Waals surface area contributed by atoms with Crippen LogP contribution < -0.4 is 16.6 Å². The quantitative estimate of drug-likeness (QED) is 0.724. The third kappa shape index (κ3) is 2.55. The number of benzene rings is 1. The minimum Gasteiger partial charge on any atom is -0.338 e. The van der Waals surface area contributed by atoms with Crippen molar-refractivity contribution in [2.75, 3.05) is 5.32 Å². The van der Waals surface area contributed by atoms with Gasteiger partial charge in [-0.3, -0.25) is 13.9 Å². The highest BCUT2D eigenvalue weighted by Crippen LogP contribution is 2.32. The number of rotatable bonds is 2. The van der Waals surface area contributed by atoms with Gasteiger partial charge in [-0.25, -0.2) is 9.78 Å². The maximum Gasteiger partial charge on any atom is 0.330 e. The van der Waals surface area contributed by atoms with Gasteiger partial charge in [0, 0.05) is 24.8 Å². The first-order valence-corrected chi connectivity index (χ1v) is 7.84. The van der Waals surface area contributed by atoms with Crippen LogP contribution in [0.15, 0.2) is 44.5 Å². The van der Waals surface area contributed by atoms with Gasteiger partial charge < -0.3 is 5.32 Å². The van der Waals surface area contributed by atoms with Crippen LogP contribution in [0.25, 0.3) is 10.9 Å². The van der Waals surface area contributed by atoms with E-state index in [1.54, 1.807) is 19.2 Å². The highest BCUT2D eigenvalue weighted by atomic mass is 79.9. The van der Waals surface area contributed by atoms with E-state index in [1.807, 2.05) is 12.1 Å². The SMILES string of the molecule is Cn1c(=O)c2c(Nc3cccc(Br)c3Cl)nccc2n(C)c1=O. The summed E-state index contributed by atoms with van der Waals surface area (Å²) in [7, 11) is 3.05. The topological polar surface area (TPSA) is 68.9 Å². The maximum atomic E-state index is 12.5. The highest BCUT2D eigenvalue weighted by Gasteiger charge is 2.14. The second kappa shape index (κ2) is 5.82. The Morgan fingerprint density at radius 3 is 2.65 bits per heavy atom. The normalized spacial score (nSPS) is 11.0. The van der Waals surface area contributed by atoms with E-state index in [1.165, 1.54) is 17.8 Å². The average molecular weight is 396 g/mol. The lowest BCUT2D eigenvalue weighted by atomic mass is 10.2. The Hall–Kier alpha value is -2.12. The molecule has 0 aliphatic carbocycles. The number of anilines is 2. The lowest BCUT2D eigenvalue weighted by Crippen LogP contribution is -2.37. The Morgan fingerprint density at radius 1 is 1.17 bits per heavy atom. The van der Waals surface area contributed by atoms with Crippen molar-refractivity contribution in [2.45, 2.75) is 0 Å². The zero-order valence-electron chi connectivity index (χ0n) is 12.3. The summed E-state index contributed by atoms with van der Waals surface area (Å²) in [6.07, 6.45) is 1.54. The molecule has 1 N–H and O–H groups in total. The maximum absolute atomic E-state index is 12.5. The van der Waals surface area contributed by atoms with Crippen LogP contribution in [-0.2, 0) is 14.1 Å². The predicted octanol–water partition coefficient (Wildman–Crippen LogP) is 2.79. The first-order chi connectivity index (χ1) is 10.9. The molecule has 0 fully saturated rings. The van der Waals surface area contributed by atoms with E-state index in [-0.39, 0.29) is 5.69 Å². The van der Waals surface area contributed by atoms with Gasteiger partial charge in [0.1, 0.15) is 11.2 Å². The van der Waals surface area contributed by atoms with Crippen LogP contribution >= 0.6 is 27.5 Å². The summed E-state index contributed by atoms with van der Waals surface area (Å²) in [4.78, 5) is 28.8. The minimum atomic E-state index is -0.412. The van der Waals surface area contributed by atoms with Gasteiger partial charge in [-0.05, 0) is 34.1 Å². The van der Waals surface area contributed by atoms with Crippen LogP contribution in [0.4, 0.5) is 11.5 Å². The molecule has 1 aromatic carbocycles. The summed E-state index contributed by atoms with van der Waals surface area (Å²) in [6.45, 7) is 0. The Kier molecular flexibility index (Phi) is 3.99. The molecule has 0 unspecified atom stereocenters. The lowest BCUT2D eigenvalue weighted by Gasteiger charge is -2.13. The molecule has 2 aromatic heterocycles. The lowest BCUT2D eigenvalue weighted by molar-refractivity contribution is 0.713. The van der Waals surface area contributed by atoms with Crippen molar-refractivity contribution < 1.29 is 0 Å². The van der Waals surface area contributed by atoms with Gasteiger partial charge >= 0.3 is 5.69 Å². The molecule has 0 aliphatic heterocycles. The molecule has 0 saturated heterocycles. The second-order valence-corrected chi connectivity index (χ2v) is 6.22. The van der Waals surface area contributed by atoms with Crippen LogP contribution in [0, 0.1) is 0 Å². The van der Waals surface area contributed by atoms with Gasteiger partial charge in [-0.1, -0.05) is 17.7 Å². The van der Waals surface area contributed by atoms with Gasteiger partial charge in [0.15, 0.2) is 0 Å². The van der Waals surface area contributed by atoms with E-state index in [9.17, 15) is 9.59 Å². The molecule has 0 aliphatic rings. The molecule has 3 rings (SSSR count). The summed E-state index contributed by atoms with van der Waals surface area (Å²) in [6, 6.07) is 7.04. The van der Waals surface area contributed by atoms with Crippen molar-refractivity contribution in [3.63, 3.8) is 0 Å². The van der Waals surface area contributed by atoms with Crippen molar-refractivity contribution in [2.24, 2.45) is 14.1 Å². The molecule has 0 radical (unpaired) electrons. The van der Waals surface area contributed by atoms with Gasteiger partial charge in [0.05, 0.1) is 16.2 Å². The van der Waals surface area contributed by atoms with E-state index in [4.69, 9.17) is 11.6 Å². The number of pyridine rings is 1. The smallest absolute Gasteiger partial charge is 0.330 e. The number of nitrogens with one attached hydrogen (secondary N) is 1. The first kappa shape index (κ1) is 15.8. The van der Waals surface area contributed by atoms with Gasteiger partial charge in [0.2, 0.25) is 0 Å². The zero-order chi connectivity index (χ0) is 16.7. The van der Waals surface area contributed by atoms with Gasteiger partial charge in [0.25, 0.3) is 5.56 Å². The van der Waals surface area contributed by atoms with E-state index in [0.29, 0.717) is 27.4 Å². The monoisotopic (exact) mass is 394 g/mol. The van der Waals surface area contributed by atoms with Crippen molar-refractivity contribution in [3.05, 3.63) is 60.8 Å². The zero-order valence-corrected chi connectivity index (χ0v) is 14.6. The fourth-order valence-corrected chi connectivity index (χ4v) is 2.89. The molecule has 0 spiro atoms. The summed E-state index contributed by atoms with van der Waals surface area (Å²) >= 11 is 9.60. The van der Waals surface area contributed by atoms with Crippen LogP contribution in [0.3, 0.4) is 0 Å². The molecule has 23 heavy (non-hydrogen) atoms. The molecule has 0 atom stereocenters. The standard InChI is InChI=1S/C15H12BrClN4O2/c1-20-10-6-7-18-13(11(10)14(22)21(2)15(20)23)19-9-5-3-4-8(16)12(9)17/h3-7H,1-2H3,(H,18,19). The molecular formula is C15H12BrClN4O2. The Balaban J connectivity index is 2.29. The molecule has 0 saturated carbocycles. The summed E-state index contributed by atoms with van der Waals surface area (Å²) in [5.74, 6) is 0.346. The number of aryl methyl sites for hydroxylation is 1.